The van der Waals surface area contributed by atoms with Crippen LogP contribution in [0.3, 0.4) is 0 Å². The van der Waals surface area contributed by atoms with Crippen LogP contribution in [0.15, 0.2) is 36.5 Å². The second-order valence-electron chi connectivity index (χ2n) is 9.78. The van der Waals surface area contributed by atoms with Gasteiger partial charge in [-0.05, 0) is 75.4 Å². The van der Waals surface area contributed by atoms with Crippen molar-refractivity contribution in [3.05, 3.63) is 64.7 Å². The van der Waals surface area contributed by atoms with Crippen LogP contribution in [0.2, 0.25) is 0 Å². The molecule has 36 heavy (non-hydrogen) atoms. The molecule has 1 aliphatic carbocycles. The average Bonchev–Trinajstić information content (AvgIpc) is 3.60. The maximum atomic E-state index is 14.2. The quantitative estimate of drug-likeness (QED) is 0.340. The molecule has 0 atom stereocenters. The topological polar surface area (TPSA) is 124 Å². The Bertz CT molecular complexity index is 1320. The molecule has 188 valence electrons. The lowest BCUT2D eigenvalue weighted by Crippen LogP contribution is -2.36. The zero-order chi connectivity index (χ0) is 25.5. The van der Waals surface area contributed by atoms with Crippen molar-refractivity contribution in [2.75, 3.05) is 23.7 Å². The monoisotopic (exact) mass is 491 g/mol. The number of hydrogen-bond acceptors (Lipinski definition) is 8. The molecule has 5 N–H and O–H groups in total. The van der Waals surface area contributed by atoms with Crippen molar-refractivity contribution in [2.24, 2.45) is 0 Å². The van der Waals surface area contributed by atoms with Gasteiger partial charge in [-0.1, -0.05) is 6.07 Å². The Labute approximate surface area is 209 Å². The predicted molar refractivity (Wildman–Crippen MR) is 135 cm³/mol. The van der Waals surface area contributed by atoms with Crippen molar-refractivity contribution >= 4 is 29.2 Å². The van der Waals surface area contributed by atoms with Crippen molar-refractivity contribution in [3.63, 3.8) is 0 Å². The smallest absolute Gasteiger partial charge is 0.256 e. The lowest BCUT2D eigenvalue weighted by atomic mass is 9.92. The summed E-state index contributed by atoms with van der Waals surface area (Å²) in [6.45, 7) is 6.11. The van der Waals surface area contributed by atoms with Crippen LogP contribution in [0.5, 0.6) is 0 Å². The second kappa shape index (κ2) is 9.11. The molecule has 1 saturated carbocycles. The number of fused-ring (bicyclic) bond motifs is 2. The van der Waals surface area contributed by atoms with Crippen molar-refractivity contribution in [1.29, 1.82) is 0 Å². The third-order valence-electron chi connectivity index (χ3n) is 6.53. The Morgan fingerprint density at radius 1 is 1.19 bits per heavy atom. The van der Waals surface area contributed by atoms with E-state index in [9.17, 15) is 14.3 Å². The van der Waals surface area contributed by atoms with E-state index in [1.54, 1.807) is 0 Å². The molecule has 0 bridgehead atoms. The third kappa shape index (κ3) is 4.74. The van der Waals surface area contributed by atoms with Gasteiger partial charge in [-0.3, -0.25) is 4.79 Å². The minimum atomic E-state index is -1.48. The summed E-state index contributed by atoms with van der Waals surface area (Å²) in [6, 6.07) is 8.92. The van der Waals surface area contributed by atoms with Gasteiger partial charge in [0, 0.05) is 30.5 Å². The maximum absolute atomic E-state index is 14.2. The number of carbonyl (C=O) groups is 1. The first-order valence-electron chi connectivity index (χ1n) is 12.2. The summed E-state index contributed by atoms with van der Waals surface area (Å²) in [6.07, 6.45) is 4.72. The summed E-state index contributed by atoms with van der Waals surface area (Å²) in [7, 11) is 0. The number of carbonyl (C=O) groups excluding carboxylic acids is 1. The fourth-order valence-electron chi connectivity index (χ4n) is 4.60. The van der Waals surface area contributed by atoms with Crippen LogP contribution < -0.4 is 21.3 Å². The Hall–Kier alpha value is -3.63. The second-order valence-corrected chi connectivity index (χ2v) is 9.78. The number of anilines is 4. The van der Waals surface area contributed by atoms with Crippen LogP contribution in [0.1, 0.15) is 60.8 Å². The van der Waals surface area contributed by atoms with Crippen molar-refractivity contribution < 1.29 is 14.3 Å². The van der Waals surface area contributed by atoms with Crippen LogP contribution in [-0.2, 0) is 17.6 Å². The fraction of sp³-hybridized carbons (Fsp3) is 0.385. The van der Waals surface area contributed by atoms with Crippen molar-refractivity contribution in [2.45, 2.75) is 51.2 Å². The van der Waals surface area contributed by atoms with E-state index in [2.05, 4.69) is 48.4 Å². The molecular formula is C26H30FN7O2. The molecule has 1 spiro atoms. The van der Waals surface area contributed by atoms with Crippen LogP contribution in [0.25, 0.3) is 0 Å². The van der Waals surface area contributed by atoms with E-state index in [0.29, 0.717) is 12.5 Å². The maximum Gasteiger partial charge on any atom is 0.256 e. The number of aliphatic hydroxyl groups is 1. The highest BCUT2D eigenvalue weighted by Crippen LogP contribution is 2.48. The van der Waals surface area contributed by atoms with Gasteiger partial charge in [-0.2, -0.15) is 4.98 Å². The van der Waals surface area contributed by atoms with Gasteiger partial charge >= 0.3 is 0 Å². The number of aromatic nitrogens is 3. The summed E-state index contributed by atoms with van der Waals surface area (Å²) in [4.78, 5) is 25.7. The van der Waals surface area contributed by atoms with Gasteiger partial charge in [0.15, 0.2) is 0 Å². The molecule has 0 unspecified atom stereocenters. The summed E-state index contributed by atoms with van der Waals surface area (Å²) in [5.41, 5.74) is 2.29. The SMILES string of the molecule is CCNC(=O)c1cnc(Nc2ccc3c(c2)CCNC32CC2)nc1Nc1ccc(F)c(C(C)(C)O)n1. The Morgan fingerprint density at radius 3 is 2.72 bits per heavy atom. The van der Waals surface area contributed by atoms with Crippen LogP contribution in [0, 0.1) is 5.82 Å². The summed E-state index contributed by atoms with van der Waals surface area (Å²) >= 11 is 0. The molecule has 1 amide bonds. The molecule has 1 aliphatic heterocycles. The molecule has 2 aromatic heterocycles. The van der Waals surface area contributed by atoms with Crippen molar-refractivity contribution in [3.8, 4) is 0 Å². The van der Waals surface area contributed by atoms with E-state index in [-0.39, 0.29) is 34.3 Å². The third-order valence-corrected chi connectivity index (χ3v) is 6.53. The minimum Gasteiger partial charge on any atom is -0.384 e. The molecule has 1 fully saturated rings. The molecule has 5 rings (SSSR count). The first kappa shape index (κ1) is 24.1. The molecule has 9 nitrogen and oxygen atoms in total. The normalized spacial score (nSPS) is 15.8. The number of benzene rings is 1. The first-order valence-corrected chi connectivity index (χ1v) is 12.2. The number of nitrogens with one attached hydrogen (secondary N) is 4. The lowest BCUT2D eigenvalue weighted by Gasteiger charge is -2.27. The lowest BCUT2D eigenvalue weighted by molar-refractivity contribution is 0.0696. The van der Waals surface area contributed by atoms with Gasteiger partial charge in [-0.15, -0.1) is 0 Å². The number of halogens is 1. The van der Waals surface area contributed by atoms with Gasteiger partial charge < -0.3 is 26.4 Å². The highest BCUT2D eigenvalue weighted by Gasteiger charge is 2.46. The number of amides is 1. The highest BCUT2D eigenvalue weighted by molar-refractivity contribution is 5.99. The van der Waals surface area contributed by atoms with E-state index in [1.165, 1.54) is 56.1 Å². The van der Waals surface area contributed by atoms with E-state index in [0.717, 1.165) is 18.7 Å². The number of hydrogen-bond donors (Lipinski definition) is 5. The zero-order valence-corrected chi connectivity index (χ0v) is 20.6. The molecule has 1 aromatic carbocycles. The molecule has 10 heteroatoms. The van der Waals surface area contributed by atoms with Gasteiger partial charge in [0.05, 0.1) is 0 Å². The van der Waals surface area contributed by atoms with Crippen molar-refractivity contribution in [1.82, 2.24) is 25.6 Å². The molecule has 2 aliphatic rings. The van der Waals surface area contributed by atoms with E-state index in [1.807, 2.05) is 13.0 Å². The van der Waals surface area contributed by atoms with E-state index < -0.39 is 11.4 Å². The summed E-state index contributed by atoms with van der Waals surface area (Å²) in [5.74, 6) is -0.242. The van der Waals surface area contributed by atoms with E-state index >= 15 is 0 Å². The first-order chi connectivity index (χ1) is 17.2. The molecule has 0 saturated heterocycles. The van der Waals surface area contributed by atoms with Gasteiger partial charge in [0.1, 0.15) is 34.3 Å². The fourth-order valence-corrected chi connectivity index (χ4v) is 4.60. The molecule has 3 aromatic rings. The summed E-state index contributed by atoms with van der Waals surface area (Å²) < 4.78 is 14.2. The average molecular weight is 492 g/mol. The Kier molecular flexibility index (Phi) is 6.09. The number of nitrogens with zero attached hydrogens (tertiary/aromatic N) is 3. The largest absolute Gasteiger partial charge is 0.384 e. The molecule has 0 radical (unpaired) electrons. The van der Waals surface area contributed by atoms with Gasteiger partial charge in [0.25, 0.3) is 5.91 Å². The van der Waals surface area contributed by atoms with Crippen LogP contribution >= 0.6 is 0 Å². The highest BCUT2D eigenvalue weighted by atomic mass is 19.1. The zero-order valence-electron chi connectivity index (χ0n) is 20.6. The summed E-state index contributed by atoms with van der Waals surface area (Å²) in [5, 5.41) is 22.9. The predicted octanol–water partition coefficient (Wildman–Crippen LogP) is 3.61. The number of pyridine rings is 1. The standard InChI is InChI=1S/C26H30FN7O2/c1-4-28-23(35)17-14-29-24(31-16-5-6-18-15(13-16)9-12-30-26(18)10-11-26)34-22(17)33-20-8-7-19(27)21(32-20)25(2,3)36/h5-8,13-14,30,36H,4,9-12H2,1-3H3,(H,28,35)(H2,29,31,32,33,34). The van der Waals surface area contributed by atoms with E-state index in [4.69, 9.17) is 0 Å². The Balaban J connectivity index is 1.45. The van der Waals surface area contributed by atoms with Gasteiger partial charge in [-0.25, -0.2) is 14.4 Å². The minimum absolute atomic E-state index is 0.114. The number of rotatable bonds is 7. The van der Waals surface area contributed by atoms with Crippen LogP contribution in [0.4, 0.5) is 27.7 Å². The van der Waals surface area contributed by atoms with Crippen LogP contribution in [-0.4, -0.2) is 39.1 Å². The molecular weight excluding hydrogens is 461 g/mol. The molecule has 3 heterocycles. The van der Waals surface area contributed by atoms with Gasteiger partial charge in [0.2, 0.25) is 5.95 Å². The Morgan fingerprint density at radius 2 is 2.00 bits per heavy atom.